The highest BCUT2D eigenvalue weighted by molar-refractivity contribution is 5.27. The van der Waals surface area contributed by atoms with E-state index in [9.17, 15) is 0 Å². The van der Waals surface area contributed by atoms with Crippen LogP contribution in [0, 0.1) is 0 Å². The summed E-state index contributed by atoms with van der Waals surface area (Å²) < 4.78 is 16.1. The fourth-order valence-corrected chi connectivity index (χ4v) is 1.75. The molecule has 0 fully saturated rings. The molecule has 4 heteroatoms. The van der Waals surface area contributed by atoms with Crippen molar-refractivity contribution in [2.75, 3.05) is 20.3 Å². The molecule has 0 radical (unpaired) electrons. The van der Waals surface area contributed by atoms with E-state index in [1.807, 2.05) is 38.1 Å². The molecule has 0 heterocycles. The molecule has 0 aliphatic carbocycles. The molecule has 18 heavy (non-hydrogen) atoms. The van der Waals surface area contributed by atoms with Gasteiger partial charge in [-0.05, 0) is 38.0 Å². The normalized spacial score (nSPS) is 12.7. The maximum absolute atomic E-state index is 6.11. The van der Waals surface area contributed by atoms with Crippen molar-refractivity contribution in [2.45, 2.75) is 32.6 Å². The van der Waals surface area contributed by atoms with Gasteiger partial charge in [-0.3, -0.25) is 0 Å². The Hall–Kier alpha value is -1.10. The second-order valence-electron chi connectivity index (χ2n) is 4.00. The van der Waals surface area contributed by atoms with E-state index in [1.54, 1.807) is 7.11 Å². The van der Waals surface area contributed by atoms with Gasteiger partial charge in [0.1, 0.15) is 5.75 Å². The van der Waals surface area contributed by atoms with Gasteiger partial charge in [0.05, 0.1) is 13.2 Å². The van der Waals surface area contributed by atoms with E-state index >= 15 is 0 Å². The van der Waals surface area contributed by atoms with Crippen molar-refractivity contribution in [3.05, 3.63) is 29.8 Å². The SMILES string of the molecule is CCOC(OCC)[C@H](N)Cc1ccc(OC)cc1. The molecule has 0 unspecified atom stereocenters. The Morgan fingerprint density at radius 2 is 1.61 bits per heavy atom. The molecule has 0 bridgehead atoms. The highest BCUT2D eigenvalue weighted by atomic mass is 16.7. The molecule has 0 saturated carbocycles. The van der Waals surface area contributed by atoms with Crippen molar-refractivity contribution in [3.63, 3.8) is 0 Å². The van der Waals surface area contributed by atoms with Crippen LogP contribution in [0.3, 0.4) is 0 Å². The van der Waals surface area contributed by atoms with E-state index in [-0.39, 0.29) is 12.3 Å². The second kappa shape index (κ2) is 8.08. The average molecular weight is 253 g/mol. The minimum Gasteiger partial charge on any atom is -0.497 e. The molecule has 0 amide bonds. The van der Waals surface area contributed by atoms with Gasteiger partial charge in [-0.1, -0.05) is 12.1 Å². The lowest BCUT2D eigenvalue weighted by molar-refractivity contribution is -0.148. The topological polar surface area (TPSA) is 53.7 Å². The van der Waals surface area contributed by atoms with Crippen molar-refractivity contribution in [2.24, 2.45) is 5.73 Å². The smallest absolute Gasteiger partial charge is 0.172 e. The molecular formula is C14H23NO3. The number of methoxy groups -OCH3 is 1. The number of ether oxygens (including phenoxy) is 3. The van der Waals surface area contributed by atoms with E-state index in [2.05, 4.69) is 0 Å². The van der Waals surface area contributed by atoms with Crippen LogP contribution < -0.4 is 10.5 Å². The Balaban J connectivity index is 2.57. The molecule has 0 saturated heterocycles. The van der Waals surface area contributed by atoms with E-state index in [0.717, 1.165) is 11.3 Å². The zero-order valence-electron chi connectivity index (χ0n) is 11.4. The Labute approximate surface area is 109 Å². The third kappa shape index (κ3) is 4.64. The zero-order valence-corrected chi connectivity index (χ0v) is 11.4. The molecule has 0 aromatic heterocycles. The largest absolute Gasteiger partial charge is 0.497 e. The first-order valence-corrected chi connectivity index (χ1v) is 6.33. The summed E-state index contributed by atoms with van der Waals surface area (Å²) in [5, 5.41) is 0. The van der Waals surface area contributed by atoms with Crippen LogP contribution in [-0.2, 0) is 15.9 Å². The molecule has 0 aliphatic rings. The minimum absolute atomic E-state index is 0.168. The fraction of sp³-hybridized carbons (Fsp3) is 0.571. The quantitative estimate of drug-likeness (QED) is 0.720. The van der Waals surface area contributed by atoms with Crippen LogP contribution in [0.1, 0.15) is 19.4 Å². The molecule has 1 aromatic rings. The number of rotatable bonds is 8. The highest BCUT2D eigenvalue weighted by Gasteiger charge is 2.18. The van der Waals surface area contributed by atoms with Crippen LogP contribution in [-0.4, -0.2) is 32.7 Å². The third-order valence-corrected chi connectivity index (χ3v) is 2.64. The van der Waals surface area contributed by atoms with E-state index in [1.165, 1.54) is 0 Å². The Bertz CT molecular complexity index is 320. The van der Waals surface area contributed by atoms with Crippen LogP contribution >= 0.6 is 0 Å². The maximum Gasteiger partial charge on any atom is 0.172 e. The molecule has 102 valence electrons. The number of benzene rings is 1. The summed E-state index contributed by atoms with van der Waals surface area (Å²) in [4.78, 5) is 0. The summed E-state index contributed by atoms with van der Waals surface area (Å²) in [6, 6.07) is 7.70. The Kier molecular flexibility index (Phi) is 6.72. The van der Waals surface area contributed by atoms with Crippen LogP contribution in [0.25, 0.3) is 0 Å². The number of hydrogen-bond donors (Lipinski definition) is 1. The van der Waals surface area contributed by atoms with E-state index in [0.29, 0.717) is 19.6 Å². The number of hydrogen-bond acceptors (Lipinski definition) is 4. The van der Waals surface area contributed by atoms with Gasteiger partial charge in [-0.2, -0.15) is 0 Å². The first-order valence-electron chi connectivity index (χ1n) is 6.33. The summed E-state index contributed by atoms with van der Waals surface area (Å²) in [5.41, 5.74) is 7.26. The highest BCUT2D eigenvalue weighted by Crippen LogP contribution is 2.14. The van der Waals surface area contributed by atoms with E-state index in [4.69, 9.17) is 19.9 Å². The molecular weight excluding hydrogens is 230 g/mol. The minimum atomic E-state index is -0.345. The van der Waals surface area contributed by atoms with Gasteiger partial charge in [0, 0.05) is 13.2 Å². The molecule has 1 rings (SSSR count). The molecule has 1 aromatic carbocycles. The summed E-state index contributed by atoms with van der Waals surface area (Å²) in [6.45, 7) is 5.07. The van der Waals surface area contributed by atoms with Gasteiger partial charge in [-0.25, -0.2) is 0 Å². The fourth-order valence-electron chi connectivity index (χ4n) is 1.75. The van der Waals surface area contributed by atoms with Gasteiger partial charge in [0.15, 0.2) is 6.29 Å². The van der Waals surface area contributed by atoms with Crippen molar-refractivity contribution >= 4 is 0 Å². The summed E-state index contributed by atoms with van der Waals surface area (Å²) in [7, 11) is 1.65. The predicted molar refractivity (Wildman–Crippen MR) is 71.7 cm³/mol. The third-order valence-electron chi connectivity index (χ3n) is 2.64. The van der Waals surface area contributed by atoms with Crippen LogP contribution in [0.4, 0.5) is 0 Å². The summed E-state index contributed by atoms with van der Waals surface area (Å²) >= 11 is 0. The van der Waals surface area contributed by atoms with Gasteiger partial charge in [-0.15, -0.1) is 0 Å². The lowest BCUT2D eigenvalue weighted by atomic mass is 10.1. The van der Waals surface area contributed by atoms with Crippen LogP contribution in [0.5, 0.6) is 5.75 Å². The van der Waals surface area contributed by atoms with Crippen LogP contribution in [0.15, 0.2) is 24.3 Å². The van der Waals surface area contributed by atoms with Crippen molar-refractivity contribution in [1.82, 2.24) is 0 Å². The lowest BCUT2D eigenvalue weighted by Gasteiger charge is -2.23. The predicted octanol–water partition coefficient (Wildman–Crippen LogP) is 1.96. The standard InChI is InChI=1S/C14H23NO3/c1-4-17-14(18-5-2)13(15)10-11-6-8-12(16-3)9-7-11/h6-9,13-14H,4-5,10,15H2,1-3H3/t13-/m1/s1. The van der Waals surface area contributed by atoms with Gasteiger partial charge < -0.3 is 19.9 Å². The van der Waals surface area contributed by atoms with E-state index < -0.39 is 0 Å². The molecule has 0 spiro atoms. The first kappa shape index (κ1) is 15.0. The monoisotopic (exact) mass is 253 g/mol. The molecule has 4 nitrogen and oxygen atoms in total. The van der Waals surface area contributed by atoms with Crippen molar-refractivity contribution in [3.8, 4) is 5.75 Å². The average Bonchev–Trinajstić information content (AvgIpc) is 2.39. The van der Waals surface area contributed by atoms with Gasteiger partial charge in [0.25, 0.3) is 0 Å². The Morgan fingerprint density at radius 3 is 2.06 bits per heavy atom. The van der Waals surface area contributed by atoms with Crippen molar-refractivity contribution < 1.29 is 14.2 Å². The van der Waals surface area contributed by atoms with Crippen molar-refractivity contribution in [1.29, 1.82) is 0 Å². The number of nitrogens with two attached hydrogens (primary N) is 1. The van der Waals surface area contributed by atoms with Gasteiger partial charge >= 0.3 is 0 Å². The lowest BCUT2D eigenvalue weighted by Crippen LogP contribution is -2.40. The molecule has 2 N–H and O–H groups in total. The maximum atomic E-state index is 6.11. The van der Waals surface area contributed by atoms with Crippen LogP contribution in [0.2, 0.25) is 0 Å². The second-order valence-corrected chi connectivity index (χ2v) is 4.00. The van der Waals surface area contributed by atoms with Gasteiger partial charge in [0.2, 0.25) is 0 Å². The molecule has 1 atom stereocenters. The zero-order chi connectivity index (χ0) is 13.4. The Morgan fingerprint density at radius 1 is 1.06 bits per heavy atom. The summed E-state index contributed by atoms with van der Waals surface area (Å²) in [5.74, 6) is 0.846. The first-order chi connectivity index (χ1) is 8.71. The molecule has 0 aliphatic heterocycles. The summed E-state index contributed by atoms with van der Waals surface area (Å²) in [6.07, 6.45) is 0.372.